The van der Waals surface area contributed by atoms with Crippen molar-refractivity contribution in [2.75, 3.05) is 0 Å². The first-order chi connectivity index (χ1) is 15.7. The molecule has 2 fully saturated rings. The topological polar surface area (TPSA) is 0 Å². The molecule has 0 N–H and O–H groups in total. The summed E-state index contributed by atoms with van der Waals surface area (Å²) < 4.78 is 0. The van der Waals surface area contributed by atoms with Gasteiger partial charge in [-0.2, -0.15) is 0 Å². The molecule has 0 aromatic heterocycles. The molecule has 0 aliphatic heterocycles. The second kappa shape index (κ2) is 9.65. The Hall–Kier alpha value is -2.34. The van der Waals surface area contributed by atoms with Crippen LogP contribution in [0.5, 0.6) is 0 Å². The number of hydrogen-bond acceptors (Lipinski definition) is 0. The molecule has 0 atom stereocenters. The fourth-order valence-corrected chi connectivity index (χ4v) is 5.94. The second-order valence-corrected chi connectivity index (χ2v) is 10.7. The van der Waals surface area contributed by atoms with Crippen LogP contribution in [0.15, 0.2) is 72.8 Å². The molecule has 0 heteroatoms. The van der Waals surface area contributed by atoms with Gasteiger partial charge < -0.3 is 0 Å². The van der Waals surface area contributed by atoms with E-state index in [9.17, 15) is 0 Å². The van der Waals surface area contributed by atoms with Gasteiger partial charge in [-0.3, -0.25) is 0 Å². The Morgan fingerprint density at radius 2 is 0.625 bits per heavy atom. The van der Waals surface area contributed by atoms with Gasteiger partial charge in [0.2, 0.25) is 0 Å². The van der Waals surface area contributed by atoms with Crippen LogP contribution in [0.2, 0.25) is 0 Å². The van der Waals surface area contributed by atoms with Crippen molar-refractivity contribution in [3.8, 4) is 22.3 Å². The Balaban J connectivity index is 1.25. The van der Waals surface area contributed by atoms with Gasteiger partial charge in [0.1, 0.15) is 0 Å². The standard InChI is InChI=1S/C32H38/c1-23-3-7-25(8-4-23)27-11-15-29(16-12-27)31-19-21-32(22-20-31)30-17-13-28(14-18-30)26-9-5-24(2)6-10-26/h11-26H,3-10H2,1-2H3. The van der Waals surface area contributed by atoms with Crippen molar-refractivity contribution in [1.29, 1.82) is 0 Å². The van der Waals surface area contributed by atoms with Gasteiger partial charge in [0.15, 0.2) is 0 Å². The monoisotopic (exact) mass is 422 g/mol. The largest absolute Gasteiger partial charge is 0.0625 e. The molecule has 3 aromatic carbocycles. The smallest absolute Gasteiger partial charge is 0.0162 e. The van der Waals surface area contributed by atoms with E-state index in [1.165, 1.54) is 84.7 Å². The highest BCUT2D eigenvalue weighted by molar-refractivity contribution is 5.70. The van der Waals surface area contributed by atoms with Crippen LogP contribution in [0.25, 0.3) is 22.3 Å². The summed E-state index contributed by atoms with van der Waals surface area (Å²) in [4.78, 5) is 0. The maximum Gasteiger partial charge on any atom is -0.0162 e. The predicted octanol–water partition coefficient (Wildman–Crippen LogP) is 9.61. The van der Waals surface area contributed by atoms with E-state index >= 15 is 0 Å². The zero-order valence-electron chi connectivity index (χ0n) is 19.9. The maximum atomic E-state index is 2.40. The first-order valence-electron chi connectivity index (χ1n) is 13.0. The third-order valence-corrected chi connectivity index (χ3v) is 8.35. The lowest BCUT2D eigenvalue weighted by molar-refractivity contribution is 0.348. The molecule has 0 heterocycles. The number of hydrogen-bond donors (Lipinski definition) is 0. The zero-order chi connectivity index (χ0) is 21.9. The molecule has 0 radical (unpaired) electrons. The van der Waals surface area contributed by atoms with E-state index in [2.05, 4.69) is 86.6 Å². The zero-order valence-corrected chi connectivity index (χ0v) is 19.9. The molecule has 5 rings (SSSR count). The maximum absolute atomic E-state index is 2.40. The van der Waals surface area contributed by atoms with Crippen molar-refractivity contribution in [2.24, 2.45) is 11.8 Å². The van der Waals surface area contributed by atoms with Gasteiger partial charge in [0.25, 0.3) is 0 Å². The minimum atomic E-state index is 0.766. The van der Waals surface area contributed by atoms with Crippen LogP contribution in [0.4, 0.5) is 0 Å². The number of rotatable bonds is 4. The summed E-state index contributed by atoms with van der Waals surface area (Å²) in [6.45, 7) is 4.79. The molecule has 0 amide bonds. The van der Waals surface area contributed by atoms with Crippen LogP contribution in [-0.4, -0.2) is 0 Å². The first-order valence-corrected chi connectivity index (χ1v) is 13.0. The molecule has 0 spiro atoms. The quantitative estimate of drug-likeness (QED) is 0.392. The van der Waals surface area contributed by atoms with Crippen LogP contribution in [0.1, 0.15) is 88.2 Å². The Kier molecular flexibility index (Phi) is 6.49. The van der Waals surface area contributed by atoms with Gasteiger partial charge in [0.05, 0.1) is 0 Å². The second-order valence-electron chi connectivity index (χ2n) is 10.7. The molecule has 2 saturated carbocycles. The van der Waals surface area contributed by atoms with Gasteiger partial charge in [-0.05, 0) is 82.7 Å². The summed E-state index contributed by atoms with van der Waals surface area (Å²) in [6.07, 6.45) is 11.0. The normalized spacial score (nSPS) is 26.1. The van der Waals surface area contributed by atoms with Crippen molar-refractivity contribution in [2.45, 2.75) is 77.0 Å². The van der Waals surface area contributed by atoms with E-state index in [1.54, 1.807) is 0 Å². The van der Waals surface area contributed by atoms with E-state index in [0.717, 1.165) is 23.7 Å². The minimum Gasteiger partial charge on any atom is -0.0625 e. The number of benzene rings is 3. The lowest BCUT2D eigenvalue weighted by Gasteiger charge is -2.26. The lowest BCUT2D eigenvalue weighted by Crippen LogP contribution is -2.10. The Morgan fingerprint density at radius 3 is 0.906 bits per heavy atom. The van der Waals surface area contributed by atoms with Gasteiger partial charge in [-0.15, -0.1) is 0 Å². The van der Waals surface area contributed by atoms with Crippen LogP contribution in [-0.2, 0) is 0 Å². The molecule has 0 saturated heterocycles. The highest BCUT2D eigenvalue weighted by Gasteiger charge is 2.20. The van der Waals surface area contributed by atoms with E-state index in [-0.39, 0.29) is 0 Å². The molecule has 2 aliphatic rings. The van der Waals surface area contributed by atoms with Crippen LogP contribution < -0.4 is 0 Å². The Bertz CT molecular complexity index is 893. The van der Waals surface area contributed by atoms with Crippen molar-refractivity contribution < 1.29 is 0 Å². The highest BCUT2D eigenvalue weighted by atomic mass is 14.3. The molecule has 0 unspecified atom stereocenters. The third kappa shape index (κ3) is 4.85. The minimum absolute atomic E-state index is 0.766. The van der Waals surface area contributed by atoms with E-state index in [0.29, 0.717) is 0 Å². The highest BCUT2D eigenvalue weighted by Crippen LogP contribution is 2.37. The molecular formula is C32H38. The Labute approximate surface area is 195 Å². The van der Waals surface area contributed by atoms with Gasteiger partial charge in [0, 0.05) is 0 Å². The van der Waals surface area contributed by atoms with Crippen molar-refractivity contribution in [1.82, 2.24) is 0 Å². The average Bonchev–Trinajstić information content (AvgIpc) is 2.85. The van der Waals surface area contributed by atoms with Gasteiger partial charge in [-0.1, -0.05) is 112 Å². The van der Waals surface area contributed by atoms with Crippen molar-refractivity contribution >= 4 is 0 Å². The van der Waals surface area contributed by atoms with E-state index in [1.807, 2.05) is 0 Å². The summed E-state index contributed by atoms with van der Waals surface area (Å²) in [6, 6.07) is 27.9. The van der Waals surface area contributed by atoms with Crippen LogP contribution in [0, 0.1) is 11.8 Å². The SMILES string of the molecule is CC1CCC(c2ccc(-c3ccc(-c4ccc(C5CCC(C)CC5)cc4)cc3)cc2)CC1. The molecule has 0 bridgehead atoms. The molecule has 0 nitrogen and oxygen atoms in total. The van der Waals surface area contributed by atoms with E-state index < -0.39 is 0 Å². The third-order valence-electron chi connectivity index (χ3n) is 8.35. The van der Waals surface area contributed by atoms with Crippen LogP contribution in [0.3, 0.4) is 0 Å². The predicted molar refractivity (Wildman–Crippen MR) is 138 cm³/mol. The molecular weight excluding hydrogens is 384 g/mol. The van der Waals surface area contributed by atoms with E-state index in [4.69, 9.17) is 0 Å². The van der Waals surface area contributed by atoms with Crippen molar-refractivity contribution in [3.05, 3.63) is 83.9 Å². The van der Waals surface area contributed by atoms with Crippen molar-refractivity contribution in [3.63, 3.8) is 0 Å². The summed E-state index contributed by atoms with van der Waals surface area (Å²) >= 11 is 0. The average molecular weight is 423 g/mol. The Morgan fingerprint density at radius 1 is 0.375 bits per heavy atom. The summed E-state index contributed by atoms with van der Waals surface area (Å²) in [5.74, 6) is 3.36. The summed E-state index contributed by atoms with van der Waals surface area (Å²) in [5.41, 5.74) is 8.34. The summed E-state index contributed by atoms with van der Waals surface area (Å²) in [5, 5.41) is 0. The summed E-state index contributed by atoms with van der Waals surface area (Å²) in [7, 11) is 0. The molecule has 2 aliphatic carbocycles. The van der Waals surface area contributed by atoms with Crippen LogP contribution >= 0.6 is 0 Å². The fraction of sp³-hybridized carbons (Fsp3) is 0.438. The lowest BCUT2D eigenvalue weighted by atomic mass is 9.79. The molecule has 3 aromatic rings. The fourth-order valence-electron chi connectivity index (χ4n) is 5.94. The van der Waals surface area contributed by atoms with Gasteiger partial charge >= 0.3 is 0 Å². The van der Waals surface area contributed by atoms with Gasteiger partial charge in [-0.25, -0.2) is 0 Å². The molecule has 32 heavy (non-hydrogen) atoms. The molecule has 166 valence electrons. The first kappa shape index (κ1) is 21.5.